The highest BCUT2D eigenvalue weighted by atomic mass is 16.5. The molecular weight excluding hydrogens is 314 g/mol. The van der Waals surface area contributed by atoms with Gasteiger partial charge >= 0.3 is 0 Å². The summed E-state index contributed by atoms with van der Waals surface area (Å²) in [5.74, 6) is 1.70. The third-order valence-corrected chi connectivity index (χ3v) is 5.43. The molecule has 0 unspecified atom stereocenters. The van der Waals surface area contributed by atoms with Crippen LogP contribution in [0.4, 0.5) is 0 Å². The van der Waals surface area contributed by atoms with E-state index in [1.54, 1.807) is 0 Å². The summed E-state index contributed by atoms with van der Waals surface area (Å²) in [5, 5.41) is 3.88. The number of aryl methyl sites for hydroxylation is 3. The van der Waals surface area contributed by atoms with E-state index in [1.165, 1.54) is 30.4 Å². The minimum absolute atomic E-state index is 0.169. The van der Waals surface area contributed by atoms with E-state index in [0.717, 1.165) is 31.4 Å². The lowest BCUT2D eigenvalue weighted by molar-refractivity contribution is -0.131. The number of nitrogens with zero attached hydrogens (tertiary/aromatic N) is 3. The maximum Gasteiger partial charge on any atom is 0.231 e. The van der Waals surface area contributed by atoms with Crippen LogP contribution in [0.1, 0.15) is 60.0 Å². The molecule has 0 bridgehead atoms. The Balaban J connectivity index is 1.42. The fraction of sp³-hybridized carbons (Fsp3) is 0.550. The summed E-state index contributed by atoms with van der Waals surface area (Å²) < 4.78 is 5.31. The SMILES string of the molecule is Cc1noc([C@H]2CCCN(C(=O)Cc3ccc4c(c3)CCCC4)C2)n1. The molecule has 25 heavy (non-hydrogen) atoms. The minimum atomic E-state index is 0.169. The highest BCUT2D eigenvalue weighted by Crippen LogP contribution is 2.27. The van der Waals surface area contributed by atoms with Crippen LogP contribution < -0.4 is 0 Å². The molecule has 1 aliphatic heterocycles. The molecule has 0 radical (unpaired) electrons. The van der Waals surface area contributed by atoms with Crippen molar-refractivity contribution >= 4 is 5.91 Å². The summed E-state index contributed by atoms with van der Waals surface area (Å²) in [6.45, 7) is 3.34. The van der Waals surface area contributed by atoms with Gasteiger partial charge in [0.2, 0.25) is 11.8 Å². The average molecular weight is 339 g/mol. The number of rotatable bonds is 3. The predicted molar refractivity (Wildman–Crippen MR) is 94.4 cm³/mol. The van der Waals surface area contributed by atoms with Crippen LogP contribution in [0.5, 0.6) is 0 Å². The number of carbonyl (C=O) groups excluding carboxylic acids is 1. The van der Waals surface area contributed by atoms with Crippen LogP contribution in [-0.4, -0.2) is 34.0 Å². The maximum absolute atomic E-state index is 12.8. The zero-order valence-corrected chi connectivity index (χ0v) is 14.8. The van der Waals surface area contributed by atoms with Crippen molar-refractivity contribution in [2.75, 3.05) is 13.1 Å². The van der Waals surface area contributed by atoms with Crippen molar-refractivity contribution in [1.29, 1.82) is 0 Å². The highest BCUT2D eigenvalue weighted by Gasteiger charge is 2.28. The molecule has 1 aliphatic carbocycles. The Morgan fingerprint density at radius 2 is 2.08 bits per heavy atom. The number of hydrogen-bond acceptors (Lipinski definition) is 4. The van der Waals surface area contributed by atoms with Gasteiger partial charge in [-0.05, 0) is 62.1 Å². The number of carbonyl (C=O) groups is 1. The van der Waals surface area contributed by atoms with Crippen LogP contribution in [0.2, 0.25) is 0 Å². The van der Waals surface area contributed by atoms with E-state index in [0.29, 0.717) is 24.7 Å². The molecule has 1 atom stereocenters. The average Bonchev–Trinajstić information content (AvgIpc) is 3.08. The monoisotopic (exact) mass is 339 g/mol. The highest BCUT2D eigenvalue weighted by molar-refractivity contribution is 5.79. The molecule has 1 aromatic carbocycles. The first-order valence-electron chi connectivity index (χ1n) is 9.38. The van der Waals surface area contributed by atoms with Gasteiger partial charge in [-0.2, -0.15) is 4.98 Å². The molecule has 0 saturated carbocycles. The maximum atomic E-state index is 12.8. The number of likely N-dealkylation sites (tertiary alicyclic amines) is 1. The quantitative estimate of drug-likeness (QED) is 0.861. The Bertz CT molecular complexity index is 768. The molecule has 0 spiro atoms. The Morgan fingerprint density at radius 3 is 2.88 bits per heavy atom. The summed E-state index contributed by atoms with van der Waals surface area (Å²) in [6.07, 6.45) is 7.37. The summed E-state index contributed by atoms with van der Waals surface area (Å²) in [6, 6.07) is 6.59. The standard InChI is InChI=1S/C20H25N3O2/c1-14-21-20(25-22-14)18-7-4-10-23(13-18)19(24)12-15-8-9-16-5-2-3-6-17(16)11-15/h8-9,11,18H,2-7,10,12-13H2,1H3/t18-/m0/s1. The number of benzene rings is 1. The van der Waals surface area contributed by atoms with Crippen molar-refractivity contribution < 1.29 is 9.32 Å². The molecule has 5 nitrogen and oxygen atoms in total. The van der Waals surface area contributed by atoms with E-state index in [-0.39, 0.29) is 11.8 Å². The first-order chi connectivity index (χ1) is 12.2. The van der Waals surface area contributed by atoms with Crippen molar-refractivity contribution in [3.05, 3.63) is 46.6 Å². The van der Waals surface area contributed by atoms with Gasteiger partial charge in [-0.3, -0.25) is 4.79 Å². The Hall–Kier alpha value is -2.17. The zero-order valence-electron chi connectivity index (χ0n) is 14.8. The zero-order chi connectivity index (χ0) is 17.2. The largest absolute Gasteiger partial charge is 0.342 e. The number of amides is 1. The van der Waals surface area contributed by atoms with Crippen molar-refractivity contribution in [3.63, 3.8) is 0 Å². The van der Waals surface area contributed by atoms with Gasteiger partial charge in [-0.25, -0.2) is 0 Å². The van der Waals surface area contributed by atoms with Crippen LogP contribution in [0, 0.1) is 6.92 Å². The van der Waals surface area contributed by atoms with Crippen LogP contribution in [0.15, 0.2) is 22.7 Å². The second-order valence-corrected chi connectivity index (χ2v) is 7.35. The van der Waals surface area contributed by atoms with Gasteiger partial charge in [0.1, 0.15) is 0 Å². The van der Waals surface area contributed by atoms with Gasteiger partial charge < -0.3 is 9.42 Å². The van der Waals surface area contributed by atoms with Crippen LogP contribution in [0.25, 0.3) is 0 Å². The van der Waals surface area contributed by atoms with Gasteiger partial charge in [-0.15, -0.1) is 0 Å². The van der Waals surface area contributed by atoms with Crippen LogP contribution in [-0.2, 0) is 24.1 Å². The predicted octanol–water partition coefficient (Wildman–Crippen LogP) is 3.21. The molecule has 1 amide bonds. The van der Waals surface area contributed by atoms with Crippen LogP contribution in [0.3, 0.4) is 0 Å². The Morgan fingerprint density at radius 1 is 1.24 bits per heavy atom. The lowest BCUT2D eigenvalue weighted by Crippen LogP contribution is -2.40. The van der Waals surface area contributed by atoms with E-state index >= 15 is 0 Å². The molecular formula is C20H25N3O2. The van der Waals surface area contributed by atoms with Crippen molar-refractivity contribution in [3.8, 4) is 0 Å². The number of fused-ring (bicyclic) bond motifs is 1. The number of hydrogen-bond donors (Lipinski definition) is 0. The second kappa shape index (κ2) is 6.98. The third kappa shape index (κ3) is 3.60. The lowest BCUT2D eigenvalue weighted by atomic mass is 9.90. The van der Waals surface area contributed by atoms with E-state index in [1.807, 2.05) is 11.8 Å². The van der Waals surface area contributed by atoms with E-state index in [4.69, 9.17) is 4.52 Å². The molecule has 1 fully saturated rings. The van der Waals surface area contributed by atoms with Gasteiger partial charge in [0.15, 0.2) is 5.82 Å². The van der Waals surface area contributed by atoms with Gasteiger partial charge in [0.25, 0.3) is 0 Å². The first kappa shape index (κ1) is 16.3. The molecule has 0 N–H and O–H groups in total. The minimum Gasteiger partial charge on any atom is -0.342 e. The van der Waals surface area contributed by atoms with E-state index in [2.05, 4.69) is 28.3 Å². The van der Waals surface area contributed by atoms with Gasteiger partial charge in [-0.1, -0.05) is 23.4 Å². The van der Waals surface area contributed by atoms with Crippen molar-refractivity contribution in [1.82, 2.24) is 15.0 Å². The summed E-state index contributed by atoms with van der Waals surface area (Å²) in [4.78, 5) is 19.1. The lowest BCUT2D eigenvalue weighted by Gasteiger charge is -2.31. The van der Waals surface area contributed by atoms with Crippen molar-refractivity contribution in [2.24, 2.45) is 0 Å². The van der Waals surface area contributed by atoms with E-state index < -0.39 is 0 Å². The molecule has 132 valence electrons. The normalized spacial score (nSPS) is 20.4. The second-order valence-electron chi connectivity index (χ2n) is 7.35. The van der Waals surface area contributed by atoms with Crippen LogP contribution >= 0.6 is 0 Å². The van der Waals surface area contributed by atoms with E-state index in [9.17, 15) is 4.79 Å². The molecule has 2 aromatic rings. The Kier molecular flexibility index (Phi) is 4.55. The molecule has 5 heteroatoms. The molecule has 4 rings (SSSR count). The van der Waals surface area contributed by atoms with Gasteiger partial charge in [0.05, 0.1) is 12.3 Å². The third-order valence-electron chi connectivity index (χ3n) is 5.43. The number of piperidine rings is 1. The molecule has 1 saturated heterocycles. The number of aromatic nitrogens is 2. The van der Waals surface area contributed by atoms with Crippen molar-refractivity contribution in [2.45, 2.75) is 57.8 Å². The summed E-state index contributed by atoms with van der Waals surface area (Å²) >= 11 is 0. The molecule has 1 aromatic heterocycles. The molecule has 2 heterocycles. The fourth-order valence-electron chi connectivity index (χ4n) is 4.07. The topological polar surface area (TPSA) is 59.2 Å². The summed E-state index contributed by atoms with van der Waals surface area (Å²) in [7, 11) is 0. The first-order valence-corrected chi connectivity index (χ1v) is 9.38. The summed E-state index contributed by atoms with van der Waals surface area (Å²) in [5.41, 5.74) is 4.04. The smallest absolute Gasteiger partial charge is 0.231 e. The fourth-order valence-corrected chi connectivity index (χ4v) is 4.07. The Labute approximate surface area is 148 Å². The molecule has 2 aliphatic rings. The van der Waals surface area contributed by atoms with Gasteiger partial charge in [0, 0.05) is 13.1 Å².